The number of fused-ring (bicyclic) bond motifs is 2. The maximum atomic E-state index is 14.6. The maximum Gasteiger partial charge on any atom is 0.410 e. The molecule has 2 N–H and O–H groups in total. The van der Waals surface area contributed by atoms with Gasteiger partial charge in [0.2, 0.25) is 5.79 Å². The molecule has 4 aromatic carbocycles. The zero-order valence-corrected chi connectivity index (χ0v) is 37.8. The number of hydrogen-bond donors (Lipinski definition) is 2. The van der Waals surface area contributed by atoms with Crippen LogP contribution in [0.2, 0.25) is 0 Å². The topological polar surface area (TPSA) is 179 Å². The van der Waals surface area contributed by atoms with Gasteiger partial charge in [-0.15, -0.1) is 18.2 Å². The van der Waals surface area contributed by atoms with Crippen LogP contribution in [-0.2, 0) is 27.5 Å². The van der Waals surface area contributed by atoms with Gasteiger partial charge in [-0.2, -0.15) is 0 Å². The summed E-state index contributed by atoms with van der Waals surface area (Å²) in [6.07, 6.45) is 7.84. The Labute approximate surface area is 393 Å². The highest BCUT2D eigenvalue weighted by molar-refractivity contribution is 6.18. The van der Waals surface area contributed by atoms with Crippen LogP contribution in [0.15, 0.2) is 120 Å². The smallest absolute Gasteiger partial charge is 0.410 e. The maximum absolute atomic E-state index is 14.6. The summed E-state index contributed by atoms with van der Waals surface area (Å²) in [7, 11) is 0. The number of carbonyl (C=O) groups is 2. The van der Waals surface area contributed by atoms with E-state index in [0.29, 0.717) is 71.8 Å². The molecule has 1 aliphatic heterocycles. The number of non-ortho nitro benzene ring substituents is 1. The van der Waals surface area contributed by atoms with Crippen molar-refractivity contribution in [1.82, 2.24) is 4.90 Å². The Bertz CT molecular complexity index is 2420. The second-order valence-corrected chi connectivity index (χ2v) is 17.2. The van der Waals surface area contributed by atoms with E-state index in [1.165, 1.54) is 29.2 Å². The third-order valence-electron chi connectivity index (χ3n) is 12.6. The number of halogens is 2. The molecule has 0 aromatic heterocycles. The van der Waals surface area contributed by atoms with Crippen LogP contribution < -0.4 is 9.47 Å². The second kappa shape index (κ2) is 23.1. The Hall–Kier alpha value is -6.13. The number of nitro groups is 1. The number of rotatable bonds is 23. The number of benzene rings is 4. The van der Waals surface area contributed by atoms with Crippen LogP contribution in [0.1, 0.15) is 77.9 Å². The number of alkyl halides is 1. The lowest BCUT2D eigenvalue weighted by Crippen LogP contribution is -2.70. The highest BCUT2D eigenvalue weighted by Gasteiger charge is 2.65. The Balaban J connectivity index is 1.45. The van der Waals surface area contributed by atoms with Gasteiger partial charge in [0.05, 0.1) is 29.0 Å². The Morgan fingerprint density at radius 1 is 0.985 bits per heavy atom. The molecule has 4 aromatic rings. The van der Waals surface area contributed by atoms with Gasteiger partial charge in [-0.05, 0) is 109 Å². The fourth-order valence-electron chi connectivity index (χ4n) is 9.70. The number of carbonyl (C=O) groups excluding carboxylic acids is 2. The SMILES string of the molecule is C=CCO[C@@]12Oc3ccc(Oc4cccc(C=O)c4)cc3[C@H]3[C@H](CCCCO)[C@@H](CCCCO)C=C(C(=NOCc4ccc([N+](=O)[O-])cc4)C[C@@H]1N(Cc1ccc(F)cc1)C(=O)OCCCl)[C@H]32. The van der Waals surface area contributed by atoms with Crippen LogP contribution in [-0.4, -0.2) is 82.3 Å². The van der Waals surface area contributed by atoms with E-state index in [1.54, 1.807) is 60.7 Å². The van der Waals surface area contributed by atoms with Gasteiger partial charge in [0.25, 0.3) is 5.69 Å². The Morgan fingerprint density at radius 3 is 2.42 bits per heavy atom. The molecule has 0 spiro atoms. The van der Waals surface area contributed by atoms with Crippen LogP contribution in [0.4, 0.5) is 14.9 Å². The normalized spacial score (nSPS) is 22.1. The summed E-state index contributed by atoms with van der Waals surface area (Å²) in [6.45, 7) is 3.85. The van der Waals surface area contributed by atoms with Crippen molar-refractivity contribution in [2.24, 2.45) is 22.9 Å². The van der Waals surface area contributed by atoms with Crippen molar-refractivity contribution in [3.05, 3.63) is 153 Å². The number of oxime groups is 1. The number of allylic oxidation sites excluding steroid dienone is 1. The third-order valence-corrected chi connectivity index (χ3v) is 12.8. The van der Waals surface area contributed by atoms with Gasteiger partial charge in [0.15, 0.2) is 0 Å². The molecule has 67 heavy (non-hydrogen) atoms. The van der Waals surface area contributed by atoms with Crippen LogP contribution in [0.5, 0.6) is 17.2 Å². The zero-order valence-electron chi connectivity index (χ0n) is 37.1. The van der Waals surface area contributed by atoms with E-state index in [1.807, 2.05) is 12.1 Å². The summed E-state index contributed by atoms with van der Waals surface area (Å²) in [5, 5.41) is 36.1. The van der Waals surface area contributed by atoms with Crippen molar-refractivity contribution in [1.29, 1.82) is 0 Å². The highest BCUT2D eigenvalue weighted by atomic mass is 35.5. The van der Waals surface area contributed by atoms with Gasteiger partial charge in [-0.1, -0.05) is 54.4 Å². The minimum absolute atomic E-state index is 0.00867. The van der Waals surface area contributed by atoms with E-state index in [2.05, 4.69) is 12.7 Å². The number of ether oxygens (including phenoxy) is 4. The van der Waals surface area contributed by atoms with Crippen molar-refractivity contribution in [2.75, 3.05) is 32.3 Å². The fourth-order valence-corrected chi connectivity index (χ4v) is 9.77. The summed E-state index contributed by atoms with van der Waals surface area (Å²) in [5.41, 5.74) is 3.69. The molecule has 7 rings (SSSR count). The van der Waals surface area contributed by atoms with Gasteiger partial charge < -0.3 is 34.0 Å². The number of aliphatic hydroxyl groups excluding tert-OH is 2. The Kier molecular flexibility index (Phi) is 16.8. The number of aldehydes is 1. The quantitative estimate of drug-likeness (QED) is 0.0181. The van der Waals surface area contributed by atoms with E-state index in [-0.39, 0.29) is 69.4 Å². The molecule has 16 heteroatoms. The molecule has 0 radical (unpaired) electrons. The van der Waals surface area contributed by atoms with E-state index >= 15 is 0 Å². The lowest BCUT2D eigenvalue weighted by atomic mass is 9.55. The lowest BCUT2D eigenvalue weighted by Gasteiger charge is -2.59. The zero-order chi connectivity index (χ0) is 47.3. The molecule has 0 saturated heterocycles. The summed E-state index contributed by atoms with van der Waals surface area (Å²) in [6, 6.07) is 23.2. The number of hydrogen-bond acceptors (Lipinski definition) is 12. The van der Waals surface area contributed by atoms with Gasteiger partial charge >= 0.3 is 6.09 Å². The van der Waals surface area contributed by atoms with E-state index in [9.17, 15) is 34.3 Å². The molecule has 14 nitrogen and oxygen atoms in total. The van der Waals surface area contributed by atoms with Crippen LogP contribution in [0, 0.1) is 33.7 Å². The fraction of sp³-hybridized carbons (Fsp3) is 0.392. The first-order valence-electron chi connectivity index (χ1n) is 22.5. The predicted octanol–water partition coefficient (Wildman–Crippen LogP) is 10.1. The monoisotopic (exact) mass is 939 g/mol. The number of nitrogens with zero attached hydrogens (tertiary/aromatic N) is 3. The first kappa shape index (κ1) is 48.8. The van der Waals surface area contributed by atoms with Crippen molar-refractivity contribution in [2.45, 2.75) is 75.8 Å². The summed E-state index contributed by atoms with van der Waals surface area (Å²) in [5.74, 6) is -1.88. The summed E-state index contributed by atoms with van der Waals surface area (Å²) in [4.78, 5) is 44.8. The second-order valence-electron chi connectivity index (χ2n) is 16.8. The summed E-state index contributed by atoms with van der Waals surface area (Å²) >= 11 is 6.07. The molecule has 354 valence electrons. The van der Waals surface area contributed by atoms with Crippen molar-refractivity contribution in [3.8, 4) is 17.2 Å². The highest BCUT2D eigenvalue weighted by Crippen LogP contribution is 2.62. The Morgan fingerprint density at radius 2 is 1.72 bits per heavy atom. The van der Waals surface area contributed by atoms with Crippen LogP contribution in [0.25, 0.3) is 0 Å². The average molecular weight is 940 g/mol. The van der Waals surface area contributed by atoms with E-state index < -0.39 is 40.5 Å². The van der Waals surface area contributed by atoms with Gasteiger partial charge in [0.1, 0.15) is 48.6 Å². The molecule has 2 aliphatic carbocycles. The number of nitro benzene ring substituents is 1. The number of unbranched alkanes of at least 4 members (excludes halogenated alkanes) is 2. The van der Waals surface area contributed by atoms with Crippen LogP contribution >= 0.6 is 11.6 Å². The summed E-state index contributed by atoms with van der Waals surface area (Å²) < 4.78 is 40.8. The molecule has 6 atom stereocenters. The van der Waals surface area contributed by atoms with Crippen molar-refractivity contribution < 1.29 is 52.9 Å². The van der Waals surface area contributed by atoms with Gasteiger partial charge in [-0.25, -0.2) is 9.18 Å². The molecule has 3 aliphatic rings. The molecule has 1 heterocycles. The molecular formula is C51H55ClFN3O11. The van der Waals surface area contributed by atoms with Gasteiger partial charge in [0, 0.05) is 55.4 Å². The first-order chi connectivity index (χ1) is 32.6. The number of amides is 1. The molecular weight excluding hydrogens is 885 g/mol. The van der Waals surface area contributed by atoms with Crippen molar-refractivity contribution >= 4 is 35.4 Å². The number of aliphatic hydroxyl groups is 2. The first-order valence-corrected chi connectivity index (χ1v) is 23.1. The van der Waals surface area contributed by atoms with E-state index in [0.717, 1.165) is 23.8 Å². The predicted molar refractivity (Wildman–Crippen MR) is 249 cm³/mol. The molecule has 1 amide bonds. The third kappa shape index (κ3) is 11.4. The van der Waals surface area contributed by atoms with E-state index in [4.69, 9.17) is 40.5 Å². The largest absolute Gasteiger partial charge is 0.459 e. The van der Waals surface area contributed by atoms with Gasteiger partial charge in [-0.3, -0.25) is 19.8 Å². The van der Waals surface area contributed by atoms with Crippen LogP contribution in [0.3, 0.4) is 0 Å². The minimum Gasteiger partial charge on any atom is -0.459 e. The average Bonchev–Trinajstić information content (AvgIpc) is 3.34. The molecule has 1 saturated carbocycles. The lowest BCUT2D eigenvalue weighted by molar-refractivity contribution is -0.384. The standard InChI is InChI=1S/C51H55ClFN3O11/c1-2-25-64-51-47(55(50(60)63-26-22-52)31-34-12-16-38(53)17-13-34)30-45(54-65-33-35-14-18-39(19-15-35)56(61)62)43-28-37(9-3-5-23-57)42(11-4-6-24-58)48(49(43)51)44-29-41(20-21-46(44)67-51)66-40-10-7-8-36(27-40)32-59/h2,7-8,10,12-21,27-29,32,37,42,47-49,57-58H,1,3-6,9,11,22-26,30-31,33H2/t37-,42+,47-,48+,49+,51+/m0/s1. The molecule has 0 bridgehead atoms. The van der Waals surface area contributed by atoms with Crippen molar-refractivity contribution in [3.63, 3.8) is 0 Å². The molecule has 0 unspecified atom stereocenters. The molecule has 1 fully saturated rings. The minimum atomic E-state index is -1.64.